The third-order valence-electron chi connectivity index (χ3n) is 3.47. The zero-order chi connectivity index (χ0) is 14.6. The molecule has 1 amide bonds. The fraction of sp³-hybridized carbons (Fsp3) is 0.583. The molecule has 0 saturated carbocycles. The summed E-state index contributed by atoms with van der Waals surface area (Å²) in [5, 5.41) is 1.69. The van der Waals surface area contributed by atoms with Crippen LogP contribution in [0.1, 0.15) is 12.8 Å². The van der Waals surface area contributed by atoms with Gasteiger partial charge in [0.25, 0.3) is 10.0 Å². The number of likely N-dealkylation sites (tertiary alicyclic amines) is 1. The second-order valence-electron chi connectivity index (χ2n) is 4.82. The lowest BCUT2D eigenvalue weighted by molar-refractivity contribution is -0.131. The van der Waals surface area contributed by atoms with Crippen LogP contribution in [0.4, 0.5) is 0 Å². The Morgan fingerprint density at radius 2 is 2.15 bits per heavy atom. The van der Waals surface area contributed by atoms with E-state index in [0.717, 1.165) is 24.2 Å². The molecule has 0 radical (unpaired) electrons. The molecular weight excluding hydrogens is 298 g/mol. The number of sulfonamides is 1. The standard InChI is InChI=1S/C12H19N3O3S2/c13-8-10-3-5-15(6-4-10)11(16)9-14-20(17,18)12-2-1-7-19-12/h1-2,7,10,14H,3-6,8-9,13H2. The zero-order valence-electron chi connectivity index (χ0n) is 11.1. The highest BCUT2D eigenvalue weighted by molar-refractivity contribution is 7.91. The van der Waals surface area contributed by atoms with Crippen molar-refractivity contribution >= 4 is 27.3 Å². The van der Waals surface area contributed by atoms with Gasteiger partial charge in [0.05, 0.1) is 6.54 Å². The molecule has 0 spiro atoms. The Bertz CT molecular complexity index is 534. The normalized spacial score (nSPS) is 17.4. The molecule has 0 unspecified atom stereocenters. The molecule has 0 aromatic carbocycles. The smallest absolute Gasteiger partial charge is 0.250 e. The molecule has 20 heavy (non-hydrogen) atoms. The van der Waals surface area contributed by atoms with Gasteiger partial charge in [-0.25, -0.2) is 13.1 Å². The molecule has 1 aromatic rings. The second-order valence-corrected chi connectivity index (χ2v) is 7.76. The van der Waals surface area contributed by atoms with E-state index in [1.165, 1.54) is 6.07 Å². The number of carbonyl (C=O) groups is 1. The minimum Gasteiger partial charge on any atom is -0.342 e. The number of nitrogens with one attached hydrogen (secondary N) is 1. The van der Waals surface area contributed by atoms with E-state index in [-0.39, 0.29) is 16.7 Å². The number of piperidine rings is 1. The van der Waals surface area contributed by atoms with E-state index >= 15 is 0 Å². The maximum Gasteiger partial charge on any atom is 0.250 e. The van der Waals surface area contributed by atoms with E-state index < -0.39 is 10.0 Å². The number of amides is 1. The van der Waals surface area contributed by atoms with Gasteiger partial charge in [0, 0.05) is 13.1 Å². The van der Waals surface area contributed by atoms with Crippen molar-refractivity contribution in [3.63, 3.8) is 0 Å². The van der Waals surface area contributed by atoms with Crippen LogP contribution in [0.2, 0.25) is 0 Å². The molecular formula is C12H19N3O3S2. The average molecular weight is 317 g/mol. The van der Waals surface area contributed by atoms with E-state index in [1.54, 1.807) is 16.3 Å². The Morgan fingerprint density at radius 3 is 2.70 bits per heavy atom. The van der Waals surface area contributed by atoms with Gasteiger partial charge in [-0.05, 0) is 36.8 Å². The summed E-state index contributed by atoms with van der Waals surface area (Å²) in [4.78, 5) is 13.7. The summed E-state index contributed by atoms with van der Waals surface area (Å²) in [7, 11) is -3.57. The van der Waals surface area contributed by atoms with Crippen LogP contribution in [0.3, 0.4) is 0 Å². The van der Waals surface area contributed by atoms with Crippen molar-refractivity contribution in [2.24, 2.45) is 11.7 Å². The fourth-order valence-corrected chi connectivity index (χ4v) is 4.19. The van der Waals surface area contributed by atoms with Crippen LogP contribution in [0.15, 0.2) is 21.7 Å². The van der Waals surface area contributed by atoms with E-state index in [2.05, 4.69) is 4.72 Å². The Morgan fingerprint density at radius 1 is 1.45 bits per heavy atom. The number of thiophene rings is 1. The van der Waals surface area contributed by atoms with Crippen molar-refractivity contribution in [1.82, 2.24) is 9.62 Å². The first-order valence-corrected chi connectivity index (χ1v) is 8.90. The van der Waals surface area contributed by atoms with Gasteiger partial charge >= 0.3 is 0 Å². The number of carbonyl (C=O) groups excluding carboxylic acids is 1. The van der Waals surface area contributed by atoms with Crippen molar-refractivity contribution in [2.45, 2.75) is 17.1 Å². The topological polar surface area (TPSA) is 92.5 Å². The first kappa shape index (κ1) is 15.4. The minimum absolute atomic E-state index is 0.180. The first-order chi connectivity index (χ1) is 9.53. The molecule has 2 rings (SSSR count). The van der Waals surface area contributed by atoms with Gasteiger partial charge in [0.15, 0.2) is 0 Å². The Hall–Kier alpha value is -0.960. The highest BCUT2D eigenvalue weighted by atomic mass is 32.2. The molecule has 1 fully saturated rings. The van der Waals surface area contributed by atoms with Crippen molar-refractivity contribution in [3.05, 3.63) is 17.5 Å². The lowest BCUT2D eigenvalue weighted by Crippen LogP contribution is -2.44. The van der Waals surface area contributed by atoms with E-state index in [1.807, 2.05) is 0 Å². The average Bonchev–Trinajstić information content (AvgIpc) is 3.00. The molecule has 2 heterocycles. The highest BCUT2D eigenvalue weighted by Crippen LogP contribution is 2.17. The van der Waals surface area contributed by atoms with Crippen molar-refractivity contribution in [1.29, 1.82) is 0 Å². The summed E-state index contributed by atoms with van der Waals surface area (Å²) in [6.45, 7) is 1.77. The molecule has 1 aliphatic rings. The van der Waals surface area contributed by atoms with Gasteiger partial charge < -0.3 is 10.6 Å². The summed E-state index contributed by atoms with van der Waals surface area (Å²) in [6, 6.07) is 3.18. The van der Waals surface area contributed by atoms with Crippen molar-refractivity contribution in [2.75, 3.05) is 26.2 Å². The predicted octanol–water partition coefficient (Wildman–Crippen LogP) is 0.224. The van der Waals surface area contributed by atoms with E-state index in [0.29, 0.717) is 25.6 Å². The fourth-order valence-electron chi connectivity index (χ4n) is 2.17. The quantitative estimate of drug-likeness (QED) is 0.813. The zero-order valence-corrected chi connectivity index (χ0v) is 12.8. The monoisotopic (exact) mass is 317 g/mol. The number of hydrogen-bond acceptors (Lipinski definition) is 5. The van der Waals surface area contributed by atoms with E-state index in [9.17, 15) is 13.2 Å². The number of hydrogen-bond donors (Lipinski definition) is 2. The SMILES string of the molecule is NCC1CCN(C(=O)CNS(=O)(=O)c2cccs2)CC1. The third-order valence-corrected chi connectivity index (χ3v) is 6.27. The van der Waals surface area contributed by atoms with Crippen LogP contribution < -0.4 is 10.5 Å². The molecule has 112 valence electrons. The summed E-state index contributed by atoms with van der Waals surface area (Å²) in [5.74, 6) is 0.294. The molecule has 1 saturated heterocycles. The first-order valence-electron chi connectivity index (χ1n) is 6.54. The molecule has 1 aliphatic heterocycles. The van der Waals surface area contributed by atoms with Crippen LogP contribution in [0.25, 0.3) is 0 Å². The molecule has 0 aliphatic carbocycles. The number of nitrogens with two attached hydrogens (primary N) is 1. The third kappa shape index (κ3) is 3.78. The molecule has 0 bridgehead atoms. The summed E-state index contributed by atoms with van der Waals surface area (Å²) in [5.41, 5.74) is 5.60. The van der Waals surface area contributed by atoms with Gasteiger partial charge in [0.2, 0.25) is 5.91 Å². The highest BCUT2D eigenvalue weighted by Gasteiger charge is 2.23. The summed E-state index contributed by atoms with van der Waals surface area (Å²) in [6.07, 6.45) is 1.78. The molecule has 1 aromatic heterocycles. The van der Waals surface area contributed by atoms with Gasteiger partial charge in [-0.15, -0.1) is 11.3 Å². The van der Waals surface area contributed by atoms with Crippen LogP contribution in [0.5, 0.6) is 0 Å². The Balaban J connectivity index is 1.84. The van der Waals surface area contributed by atoms with Crippen LogP contribution in [-0.4, -0.2) is 45.4 Å². The minimum atomic E-state index is -3.57. The van der Waals surface area contributed by atoms with Crippen LogP contribution in [0, 0.1) is 5.92 Å². The largest absolute Gasteiger partial charge is 0.342 e. The number of nitrogens with zero attached hydrogens (tertiary/aromatic N) is 1. The van der Waals surface area contributed by atoms with Crippen molar-refractivity contribution in [3.8, 4) is 0 Å². The number of rotatable bonds is 5. The molecule has 3 N–H and O–H groups in total. The lowest BCUT2D eigenvalue weighted by Gasteiger charge is -2.31. The van der Waals surface area contributed by atoms with Gasteiger partial charge in [0.1, 0.15) is 4.21 Å². The van der Waals surface area contributed by atoms with Gasteiger partial charge in [-0.1, -0.05) is 6.07 Å². The van der Waals surface area contributed by atoms with Gasteiger partial charge in [-0.2, -0.15) is 0 Å². The second kappa shape index (κ2) is 6.66. The van der Waals surface area contributed by atoms with Crippen LogP contribution >= 0.6 is 11.3 Å². The molecule has 8 heteroatoms. The predicted molar refractivity (Wildman–Crippen MR) is 77.9 cm³/mol. The summed E-state index contributed by atoms with van der Waals surface area (Å²) < 4.78 is 26.4. The molecule has 6 nitrogen and oxygen atoms in total. The maximum atomic E-state index is 12.0. The molecule has 0 atom stereocenters. The maximum absolute atomic E-state index is 12.0. The van der Waals surface area contributed by atoms with Gasteiger partial charge in [-0.3, -0.25) is 4.79 Å². The van der Waals surface area contributed by atoms with E-state index in [4.69, 9.17) is 5.73 Å². The van der Waals surface area contributed by atoms with Crippen molar-refractivity contribution < 1.29 is 13.2 Å². The Kier molecular flexibility index (Phi) is 5.14. The Labute approximate surface area is 123 Å². The van der Waals surface area contributed by atoms with Crippen LogP contribution in [-0.2, 0) is 14.8 Å². The summed E-state index contributed by atoms with van der Waals surface area (Å²) >= 11 is 1.13. The lowest BCUT2D eigenvalue weighted by atomic mass is 9.97.